The van der Waals surface area contributed by atoms with E-state index in [1.807, 2.05) is 0 Å². The number of benzene rings is 1. The third-order valence-corrected chi connectivity index (χ3v) is 9.48. The Morgan fingerprint density at radius 2 is 1.98 bits per heavy atom. The van der Waals surface area contributed by atoms with Gasteiger partial charge in [0.25, 0.3) is 0 Å². The number of sulfonamides is 1. The normalized spacial score (nSPS) is 22.0. The van der Waals surface area contributed by atoms with Crippen molar-refractivity contribution in [2.24, 2.45) is 5.41 Å². The summed E-state index contributed by atoms with van der Waals surface area (Å²) >= 11 is 3.32. The molecule has 0 saturated carbocycles. The lowest BCUT2D eigenvalue weighted by molar-refractivity contribution is -0.142. The van der Waals surface area contributed by atoms with Crippen molar-refractivity contribution in [2.75, 3.05) is 37.8 Å². The van der Waals surface area contributed by atoms with Gasteiger partial charge in [-0.15, -0.1) is 4.83 Å². The number of aliphatic hydroxyl groups is 1. The zero-order valence-electron chi connectivity index (χ0n) is 24.7. The number of rotatable bonds is 12. The van der Waals surface area contributed by atoms with Crippen molar-refractivity contribution in [2.45, 2.75) is 45.2 Å². The Hall–Kier alpha value is -2.90. The number of aliphatic hydroxyl groups excluding tert-OH is 1. The predicted octanol–water partition coefficient (Wildman–Crippen LogP) is 1.71. The number of fused-ring (bicyclic) bond motifs is 1. The minimum absolute atomic E-state index is 0.0877. The standard InChI is InChI=1S/C24H34BrN8O9PS/c1-13(21(35)39-5)30-43(36,42-15-9-7-14(25)8-10-15)40-11-16-18(34)24(2,3)22(41-16)33-12-27-17-19(28-23(26)29-20(17)33)32(4)31-44(6,37)38/h7-10,12-13,16,18,22,31,34H,11H2,1-6H3,(H,30,36)(H2,26,28,29)/t13?,16?,18-,22?,43?/m1/s1. The molecule has 5 N–H and O–H groups in total. The Morgan fingerprint density at radius 3 is 2.59 bits per heavy atom. The molecule has 2 aromatic heterocycles. The van der Waals surface area contributed by atoms with Crippen LogP contribution in [0.4, 0.5) is 11.8 Å². The molecule has 0 radical (unpaired) electrons. The van der Waals surface area contributed by atoms with Gasteiger partial charge in [-0.25, -0.2) is 18.0 Å². The van der Waals surface area contributed by atoms with E-state index in [4.69, 9.17) is 24.3 Å². The largest absolute Gasteiger partial charge is 0.468 e. The van der Waals surface area contributed by atoms with Crippen LogP contribution in [0.1, 0.15) is 27.0 Å². The molecule has 17 nitrogen and oxygen atoms in total. The van der Waals surface area contributed by atoms with Crippen LogP contribution in [0.15, 0.2) is 35.1 Å². The number of nitrogens with one attached hydrogen (secondary N) is 2. The molecule has 44 heavy (non-hydrogen) atoms. The van der Waals surface area contributed by atoms with E-state index in [0.717, 1.165) is 15.7 Å². The Labute approximate surface area is 262 Å². The number of imidazole rings is 1. The third kappa shape index (κ3) is 7.48. The SMILES string of the molecule is COC(=O)C(C)NP(=O)(OCC1OC(n2cnc3c(N(C)NS(C)(=O)=O)nc(N)nc32)C(C)(C)[C@@H]1O)Oc1ccc(Br)cc1. The fourth-order valence-electron chi connectivity index (χ4n) is 4.57. The van der Waals surface area contributed by atoms with Crippen molar-refractivity contribution in [1.82, 2.24) is 29.4 Å². The summed E-state index contributed by atoms with van der Waals surface area (Å²) in [7, 11) is -5.27. The summed E-state index contributed by atoms with van der Waals surface area (Å²) < 4.78 is 62.0. The molecule has 1 fully saturated rings. The van der Waals surface area contributed by atoms with Gasteiger partial charge in [0.1, 0.15) is 24.1 Å². The van der Waals surface area contributed by atoms with Gasteiger partial charge in [-0.3, -0.25) is 18.9 Å². The molecule has 4 unspecified atom stereocenters. The molecule has 3 heterocycles. The summed E-state index contributed by atoms with van der Waals surface area (Å²) in [5, 5.41) is 15.0. The molecule has 0 amide bonds. The maximum atomic E-state index is 13.8. The first-order chi connectivity index (χ1) is 20.4. The second-order valence-corrected chi connectivity index (χ2v) is 15.0. The molecular formula is C24H34BrN8O9PS. The molecule has 1 saturated heterocycles. The molecule has 242 valence electrons. The van der Waals surface area contributed by atoms with Gasteiger partial charge in [0.15, 0.2) is 17.0 Å². The number of ether oxygens (including phenoxy) is 2. The van der Waals surface area contributed by atoms with Crippen molar-refractivity contribution < 1.29 is 41.4 Å². The first-order valence-corrected chi connectivity index (χ1v) is 17.3. The van der Waals surface area contributed by atoms with Crippen LogP contribution in [0, 0.1) is 5.41 Å². The number of nitrogens with zero attached hydrogens (tertiary/aromatic N) is 5. The van der Waals surface area contributed by atoms with Gasteiger partial charge >= 0.3 is 13.7 Å². The first kappa shape index (κ1) is 34.0. The van der Waals surface area contributed by atoms with Crippen LogP contribution >= 0.6 is 23.7 Å². The van der Waals surface area contributed by atoms with Gasteiger partial charge in [0.2, 0.25) is 16.0 Å². The van der Waals surface area contributed by atoms with Gasteiger partial charge in [-0.05, 0) is 31.2 Å². The Morgan fingerprint density at radius 1 is 1.32 bits per heavy atom. The highest BCUT2D eigenvalue weighted by molar-refractivity contribution is 9.10. The van der Waals surface area contributed by atoms with Gasteiger partial charge < -0.3 is 24.8 Å². The van der Waals surface area contributed by atoms with E-state index in [9.17, 15) is 22.9 Å². The monoisotopic (exact) mass is 720 g/mol. The van der Waals surface area contributed by atoms with E-state index in [2.05, 4.69) is 40.8 Å². The number of esters is 1. The maximum Gasteiger partial charge on any atom is 0.459 e. The molecule has 1 aliphatic heterocycles. The highest BCUT2D eigenvalue weighted by Crippen LogP contribution is 2.49. The number of hydrogen-bond acceptors (Lipinski definition) is 14. The van der Waals surface area contributed by atoms with E-state index in [-0.39, 0.29) is 28.7 Å². The van der Waals surface area contributed by atoms with Gasteiger partial charge in [0, 0.05) is 16.9 Å². The second-order valence-electron chi connectivity index (χ2n) is 10.7. The van der Waals surface area contributed by atoms with Gasteiger partial charge in [-0.2, -0.15) is 15.1 Å². The highest BCUT2D eigenvalue weighted by Gasteiger charge is 2.52. The number of halogens is 1. The number of methoxy groups -OCH3 is 1. The van der Waals surface area contributed by atoms with Crippen molar-refractivity contribution >= 4 is 62.6 Å². The summed E-state index contributed by atoms with van der Waals surface area (Å²) in [6.45, 7) is 4.51. The van der Waals surface area contributed by atoms with Crippen LogP contribution in [0.2, 0.25) is 0 Å². The van der Waals surface area contributed by atoms with E-state index < -0.39 is 60.2 Å². The molecule has 4 rings (SSSR count). The smallest absolute Gasteiger partial charge is 0.459 e. The molecule has 1 aromatic carbocycles. The number of carbonyl (C=O) groups excluding carboxylic acids is 1. The number of hydrogen-bond donors (Lipinski definition) is 4. The minimum Gasteiger partial charge on any atom is -0.468 e. The van der Waals surface area contributed by atoms with Crippen molar-refractivity contribution in [1.29, 1.82) is 0 Å². The Bertz CT molecular complexity index is 1670. The van der Waals surface area contributed by atoms with E-state index >= 15 is 0 Å². The third-order valence-electron chi connectivity index (χ3n) is 6.70. The number of hydrazine groups is 1. The lowest BCUT2D eigenvalue weighted by atomic mass is 9.84. The summed E-state index contributed by atoms with van der Waals surface area (Å²) in [6.07, 6.45) is -0.688. The summed E-state index contributed by atoms with van der Waals surface area (Å²) in [5.41, 5.74) is 5.38. The van der Waals surface area contributed by atoms with Crippen LogP contribution in [0.3, 0.4) is 0 Å². The number of nitrogen functional groups attached to an aromatic ring is 1. The average Bonchev–Trinajstić information content (AvgIpc) is 3.44. The molecule has 0 aliphatic carbocycles. The zero-order valence-corrected chi connectivity index (χ0v) is 28.0. The quantitative estimate of drug-likeness (QED) is 0.119. The average molecular weight is 722 g/mol. The summed E-state index contributed by atoms with van der Waals surface area (Å²) in [5.74, 6) is -0.578. The topological polar surface area (TPSA) is 222 Å². The lowest BCUT2D eigenvalue weighted by Gasteiger charge is -2.29. The highest BCUT2D eigenvalue weighted by atomic mass is 79.9. The molecule has 20 heteroatoms. The van der Waals surface area contributed by atoms with Crippen LogP contribution in [0.25, 0.3) is 11.2 Å². The molecular weight excluding hydrogens is 687 g/mol. The van der Waals surface area contributed by atoms with Crippen molar-refractivity contribution in [3.8, 4) is 5.75 Å². The predicted molar refractivity (Wildman–Crippen MR) is 163 cm³/mol. The van der Waals surface area contributed by atoms with E-state index in [0.29, 0.717) is 0 Å². The lowest BCUT2D eigenvalue weighted by Crippen LogP contribution is -2.39. The Kier molecular flexibility index (Phi) is 9.92. The molecule has 0 spiro atoms. The van der Waals surface area contributed by atoms with Crippen molar-refractivity contribution in [3.05, 3.63) is 35.1 Å². The zero-order chi connectivity index (χ0) is 32.6. The number of nitrogens with two attached hydrogens (primary N) is 1. The van der Waals surface area contributed by atoms with Crippen LogP contribution in [0.5, 0.6) is 5.75 Å². The van der Waals surface area contributed by atoms with E-state index in [1.54, 1.807) is 38.1 Å². The fraction of sp³-hybridized carbons (Fsp3) is 0.500. The number of aromatic nitrogens is 4. The fourth-order valence-corrected chi connectivity index (χ4v) is 6.92. The van der Waals surface area contributed by atoms with Crippen LogP contribution in [-0.2, 0) is 33.4 Å². The maximum absolute atomic E-state index is 13.8. The van der Waals surface area contributed by atoms with E-state index in [1.165, 1.54) is 32.0 Å². The first-order valence-electron chi connectivity index (χ1n) is 13.0. The Balaban J connectivity index is 1.60. The van der Waals surface area contributed by atoms with Gasteiger partial charge in [0.05, 0.1) is 32.4 Å². The molecule has 1 aliphatic rings. The van der Waals surface area contributed by atoms with Crippen LogP contribution in [-0.4, -0.2) is 84.3 Å². The number of anilines is 2. The number of carbonyl (C=O) groups is 1. The second kappa shape index (κ2) is 12.8. The minimum atomic E-state index is -4.24. The molecule has 5 atom stereocenters. The molecule has 0 bridgehead atoms. The van der Waals surface area contributed by atoms with Gasteiger partial charge in [-0.1, -0.05) is 29.8 Å². The summed E-state index contributed by atoms with van der Waals surface area (Å²) in [6, 6.07) is 5.39. The van der Waals surface area contributed by atoms with Crippen molar-refractivity contribution in [3.63, 3.8) is 0 Å². The summed E-state index contributed by atoms with van der Waals surface area (Å²) in [4.78, 5) is 27.1. The van der Waals surface area contributed by atoms with Crippen LogP contribution < -0.4 is 25.2 Å². The molecule has 3 aromatic rings.